The molecule has 1 aromatic rings. The summed E-state index contributed by atoms with van der Waals surface area (Å²) in [4.78, 5) is 0. The van der Waals surface area contributed by atoms with Gasteiger partial charge in [0.15, 0.2) is 0 Å². The first-order chi connectivity index (χ1) is 8.22. The fourth-order valence-electron chi connectivity index (χ4n) is 1.46. The lowest BCUT2D eigenvalue weighted by Crippen LogP contribution is -2.29. The average molecular weight is 315 g/mol. The predicted octanol–water partition coefficient (Wildman–Crippen LogP) is 2.07. The van der Waals surface area contributed by atoms with Gasteiger partial charge in [-0.1, -0.05) is 23.2 Å². The first kappa shape index (κ1) is 15.7. The van der Waals surface area contributed by atoms with E-state index in [4.69, 9.17) is 28.3 Å². The Labute approximate surface area is 115 Å². The summed E-state index contributed by atoms with van der Waals surface area (Å²) in [5.74, 6) is -0.793. The molecule has 1 atom stereocenters. The summed E-state index contributed by atoms with van der Waals surface area (Å²) in [6.07, 6.45) is 0. The van der Waals surface area contributed by atoms with Crippen LogP contribution in [0.1, 0.15) is 18.5 Å². The minimum absolute atomic E-state index is 0.0712. The molecule has 0 aromatic heterocycles. The van der Waals surface area contributed by atoms with Gasteiger partial charge in [0, 0.05) is 23.2 Å². The maximum atomic E-state index is 13.3. The van der Waals surface area contributed by atoms with E-state index in [1.165, 1.54) is 12.1 Å². The van der Waals surface area contributed by atoms with Crippen LogP contribution in [0.5, 0.6) is 0 Å². The van der Waals surface area contributed by atoms with Crippen molar-refractivity contribution in [2.75, 3.05) is 12.3 Å². The number of rotatable bonds is 5. The zero-order chi connectivity index (χ0) is 13.9. The first-order valence-electron chi connectivity index (χ1n) is 5.09. The molecule has 0 fully saturated rings. The summed E-state index contributed by atoms with van der Waals surface area (Å²) >= 11 is 11.8. The molecule has 0 heterocycles. The van der Waals surface area contributed by atoms with E-state index in [0.717, 1.165) is 0 Å². The van der Waals surface area contributed by atoms with Gasteiger partial charge in [-0.05, 0) is 19.1 Å². The molecule has 18 heavy (non-hydrogen) atoms. The van der Waals surface area contributed by atoms with Crippen LogP contribution in [0.25, 0.3) is 0 Å². The molecule has 0 bridgehead atoms. The molecule has 4 nitrogen and oxygen atoms in total. The Bertz CT molecular complexity index is 537. The van der Waals surface area contributed by atoms with Crippen molar-refractivity contribution in [3.05, 3.63) is 33.6 Å². The highest BCUT2D eigenvalue weighted by atomic mass is 35.5. The van der Waals surface area contributed by atoms with E-state index in [9.17, 15) is 12.8 Å². The van der Waals surface area contributed by atoms with Crippen molar-refractivity contribution < 1.29 is 12.8 Å². The lowest BCUT2D eigenvalue weighted by Gasteiger charge is -2.17. The highest BCUT2D eigenvalue weighted by Crippen LogP contribution is 2.32. The Kier molecular flexibility index (Phi) is 5.36. The molecule has 0 amide bonds. The smallest absolute Gasteiger partial charge is 0.210 e. The second-order valence-electron chi connectivity index (χ2n) is 3.80. The molecular formula is C10H13Cl2FN2O2S. The molecule has 0 aliphatic rings. The zero-order valence-corrected chi connectivity index (χ0v) is 11.9. The SMILES string of the molecule is CC(NCCS(N)(=O)=O)c1c(Cl)ccc(F)c1Cl. The summed E-state index contributed by atoms with van der Waals surface area (Å²) in [7, 11) is -3.53. The van der Waals surface area contributed by atoms with E-state index in [2.05, 4.69) is 5.32 Å². The molecule has 102 valence electrons. The summed E-state index contributed by atoms with van der Waals surface area (Å²) in [6, 6.07) is 2.18. The van der Waals surface area contributed by atoms with Gasteiger partial charge in [0.25, 0.3) is 0 Å². The van der Waals surface area contributed by atoms with Gasteiger partial charge in [0.2, 0.25) is 10.0 Å². The molecule has 8 heteroatoms. The van der Waals surface area contributed by atoms with Crippen LogP contribution in [-0.4, -0.2) is 20.7 Å². The number of hydrogen-bond acceptors (Lipinski definition) is 3. The minimum Gasteiger partial charge on any atom is -0.309 e. The van der Waals surface area contributed by atoms with Crippen molar-refractivity contribution in [1.29, 1.82) is 0 Å². The first-order valence-corrected chi connectivity index (χ1v) is 7.56. The molecule has 0 saturated heterocycles. The van der Waals surface area contributed by atoms with Gasteiger partial charge >= 0.3 is 0 Å². The summed E-state index contributed by atoms with van der Waals surface area (Å²) in [5, 5.41) is 7.98. The van der Waals surface area contributed by atoms with Crippen molar-refractivity contribution in [2.45, 2.75) is 13.0 Å². The largest absolute Gasteiger partial charge is 0.309 e. The Hall–Kier alpha value is -0.400. The van der Waals surface area contributed by atoms with Crippen LogP contribution in [0, 0.1) is 5.82 Å². The molecule has 3 N–H and O–H groups in total. The highest BCUT2D eigenvalue weighted by Gasteiger charge is 2.17. The van der Waals surface area contributed by atoms with E-state index >= 15 is 0 Å². The van der Waals surface area contributed by atoms with Crippen LogP contribution >= 0.6 is 23.2 Å². The zero-order valence-electron chi connectivity index (χ0n) is 9.58. The van der Waals surface area contributed by atoms with Crippen molar-refractivity contribution in [3.8, 4) is 0 Å². The third kappa shape index (κ3) is 4.37. The Morgan fingerprint density at radius 3 is 2.61 bits per heavy atom. The number of nitrogens with one attached hydrogen (secondary N) is 1. The van der Waals surface area contributed by atoms with Crippen LogP contribution in [0.2, 0.25) is 10.0 Å². The van der Waals surface area contributed by atoms with E-state index in [-0.39, 0.29) is 23.4 Å². The topological polar surface area (TPSA) is 72.2 Å². The van der Waals surface area contributed by atoms with E-state index in [1.54, 1.807) is 6.92 Å². The molecule has 1 unspecified atom stereocenters. The van der Waals surface area contributed by atoms with Gasteiger partial charge in [-0.25, -0.2) is 17.9 Å². The second-order valence-corrected chi connectivity index (χ2v) is 6.32. The van der Waals surface area contributed by atoms with Crippen LogP contribution in [0.3, 0.4) is 0 Å². The molecule has 0 spiro atoms. The fraction of sp³-hybridized carbons (Fsp3) is 0.400. The summed E-state index contributed by atoms with van der Waals surface area (Å²) < 4.78 is 34.8. The van der Waals surface area contributed by atoms with Gasteiger partial charge in [0.05, 0.1) is 10.8 Å². The van der Waals surface area contributed by atoms with E-state index < -0.39 is 15.8 Å². The quantitative estimate of drug-likeness (QED) is 0.817. The van der Waals surface area contributed by atoms with Gasteiger partial charge in [0.1, 0.15) is 5.82 Å². The van der Waals surface area contributed by atoms with Crippen molar-refractivity contribution >= 4 is 33.2 Å². The number of halogens is 3. The van der Waals surface area contributed by atoms with Gasteiger partial charge < -0.3 is 5.32 Å². The fourth-order valence-corrected chi connectivity index (χ4v) is 2.56. The maximum absolute atomic E-state index is 13.3. The number of benzene rings is 1. The van der Waals surface area contributed by atoms with Crippen LogP contribution in [0.4, 0.5) is 4.39 Å². The van der Waals surface area contributed by atoms with Gasteiger partial charge in [-0.2, -0.15) is 0 Å². The second kappa shape index (κ2) is 6.16. The molecule has 0 aliphatic carbocycles. The van der Waals surface area contributed by atoms with Crippen LogP contribution < -0.4 is 10.5 Å². The van der Waals surface area contributed by atoms with Crippen LogP contribution in [0.15, 0.2) is 12.1 Å². The maximum Gasteiger partial charge on any atom is 0.210 e. The third-order valence-electron chi connectivity index (χ3n) is 2.35. The molecule has 1 rings (SSSR count). The molecule has 0 aliphatic heterocycles. The normalized spacial score (nSPS) is 13.6. The summed E-state index contributed by atoms with van der Waals surface area (Å²) in [6.45, 7) is 1.83. The van der Waals surface area contributed by atoms with E-state index in [1.807, 2.05) is 0 Å². The Morgan fingerprint density at radius 1 is 1.44 bits per heavy atom. The Balaban J connectivity index is 2.79. The number of primary sulfonamides is 1. The molecule has 0 saturated carbocycles. The molecule has 1 aromatic carbocycles. The van der Waals surface area contributed by atoms with Gasteiger partial charge in [-0.15, -0.1) is 0 Å². The number of nitrogens with two attached hydrogens (primary N) is 1. The standard InChI is InChI=1S/C10H13Cl2FN2O2S/c1-6(15-4-5-18(14,16)17)9-7(11)2-3-8(13)10(9)12/h2-3,6,15H,4-5H2,1H3,(H2,14,16,17). The lowest BCUT2D eigenvalue weighted by atomic mass is 10.1. The highest BCUT2D eigenvalue weighted by molar-refractivity contribution is 7.89. The number of sulfonamides is 1. The van der Waals surface area contributed by atoms with E-state index in [0.29, 0.717) is 10.6 Å². The Morgan fingerprint density at radius 2 is 2.06 bits per heavy atom. The molecular weight excluding hydrogens is 302 g/mol. The number of hydrogen-bond donors (Lipinski definition) is 2. The van der Waals surface area contributed by atoms with Crippen LogP contribution in [-0.2, 0) is 10.0 Å². The van der Waals surface area contributed by atoms with Crippen molar-refractivity contribution in [3.63, 3.8) is 0 Å². The summed E-state index contributed by atoms with van der Waals surface area (Å²) in [5.41, 5.74) is 0.396. The monoisotopic (exact) mass is 314 g/mol. The van der Waals surface area contributed by atoms with Gasteiger partial charge in [-0.3, -0.25) is 0 Å². The molecule has 0 radical (unpaired) electrons. The van der Waals surface area contributed by atoms with Crippen molar-refractivity contribution in [2.24, 2.45) is 5.14 Å². The third-order valence-corrected chi connectivity index (χ3v) is 3.84. The average Bonchev–Trinajstić information content (AvgIpc) is 2.22. The predicted molar refractivity (Wildman–Crippen MR) is 70.8 cm³/mol. The van der Waals surface area contributed by atoms with Crippen molar-refractivity contribution in [1.82, 2.24) is 5.32 Å². The minimum atomic E-state index is -3.53. The lowest BCUT2D eigenvalue weighted by molar-refractivity contribution is 0.568.